The lowest BCUT2D eigenvalue weighted by Gasteiger charge is -2.28. The average Bonchev–Trinajstić information content (AvgIpc) is 2.58. The van der Waals surface area contributed by atoms with Crippen LogP contribution >= 0.6 is 0 Å². The van der Waals surface area contributed by atoms with E-state index in [1.807, 2.05) is 30.3 Å². The van der Waals surface area contributed by atoms with Crippen LogP contribution in [-0.4, -0.2) is 23.1 Å². The van der Waals surface area contributed by atoms with E-state index in [9.17, 15) is 14.7 Å². The number of aromatic carboxylic acids is 1. The summed E-state index contributed by atoms with van der Waals surface area (Å²) >= 11 is 0. The predicted molar refractivity (Wildman–Crippen MR) is 93.6 cm³/mol. The quantitative estimate of drug-likeness (QED) is 0.613. The Morgan fingerprint density at radius 2 is 1.84 bits per heavy atom. The van der Waals surface area contributed by atoms with Crippen molar-refractivity contribution >= 4 is 18.1 Å². The number of ether oxygens (including phenoxy) is 1. The van der Waals surface area contributed by atoms with Crippen molar-refractivity contribution in [1.82, 2.24) is 0 Å². The van der Waals surface area contributed by atoms with Crippen molar-refractivity contribution in [3.63, 3.8) is 0 Å². The van der Waals surface area contributed by atoms with Gasteiger partial charge in [-0.1, -0.05) is 30.3 Å². The molecule has 6 heteroatoms. The third-order valence-electron chi connectivity index (χ3n) is 3.15. The van der Waals surface area contributed by atoms with Crippen LogP contribution in [0, 0.1) is 0 Å². The van der Waals surface area contributed by atoms with E-state index in [2.05, 4.69) is 0 Å². The zero-order valence-electron chi connectivity index (χ0n) is 14.4. The summed E-state index contributed by atoms with van der Waals surface area (Å²) in [6.07, 6.45) is 0.488. The van der Waals surface area contributed by atoms with Gasteiger partial charge in [0, 0.05) is 0 Å². The molecule has 0 radical (unpaired) electrons. The van der Waals surface area contributed by atoms with Crippen LogP contribution in [0.15, 0.2) is 48.5 Å². The molecule has 1 N–H and O–H groups in total. The number of hydroxylamine groups is 1. The normalized spacial score (nSPS) is 11.0. The highest BCUT2D eigenvalue weighted by Gasteiger charge is 2.22. The van der Waals surface area contributed by atoms with Gasteiger partial charge < -0.3 is 9.84 Å². The zero-order valence-corrected chi connectivity index (χ0v) is 14.4. The first kappa shape index (κ1) is 18.5. The number of benzene rings is 2. The molecule has 0 unspecified atom stereocenters. The minimum absolute atomic E-state index is 0.0337. The largest absolute Gasteiger partial charge is 0.487 e. The summed E-state index contributed by atoms with van der Waals surface area (Å²) in [5, 5.41) is 10.2. The first-order chi connectivity index (χ1) is 11.8. The van der Waals surface area contributed by atoms with Gasteiger partial charge in [-0.2, -0.15) is 5.06 Å². The number of carbonyl (C=O) groups is 2. The molecule has 0 aliphatic rings. The van der Waals surface area contributed by atoms with Gasteiger partial charge in [-0.05, 0) is 44.5 Å². The third-order valence-corrected chi connectivity index (χ3v) is 3.15. The minimum atomic E-state index is -1.10. The standard InChI is InChI=1S/C19H21NO5/c1-19(2,3)25-20(13-21)16-11-15(18(22)23)9-10-17(16)24-12-14-7-5-4-6-8-14/h4-11,13H,12H2,1-3H3,(H,22,23). The second-order valence-electron chi connectivity index (χ2n) is 6.40. The molecule has 132 valence electrons. The molecule has 1 amide bonds. The van der Waals surface area contributed by atoms with Crippen molar-refractivity contribution in [2.24, 2.45) is 0 Å². The molecule has 0 atom stereocenters. The predicted octanol–water partition coefficient (Wildman–Crippen LogP) is 3.66. The molecule has 0 saturated carbocycles. The Hall–Kier alpha value is -2.86. The van der Waals surface area contributed by atoms with E-state index in [1.54, 1.807) is 20.8 Å². The highest BCUT2D eigenvalue weighted by Crippen LogP contribution is 2.31. The maximum atomic E-state index is 11.5. The number of amides is 1. The van der Waals surface area contributed by atoms with Crippen LogP contribution in [0.3, 0.4) is 0 Å². The molecule has 2 aromatic rings. The highest BCUT2D eigenvalue weighted by molar-refractivity contribution is 5.91. The molecule has 0 fully saturated rings. The number of anilines is 1. The Labute approximate surface area is 146 Å². The van der Waals surface area contributed by atoms with Crippen molar-refractivity contribution in [1.29, 1.82) is 0 Å². The first-order valence-electron chi connectivity index (χ1n) is 7.78. The maximum absolute atomic E-state index is 11.5. The Kier molecular flexibility index (Phi) is 5.77. The van der Waals surface area contributed by atoms with Crippen LogP contribution in [0.5, 0.6) is 5.75 Å². The maximum Gasteiger partial charge on any atom is 0.335 e. The summed E-state index contributed by atoms with van der Waals surface area (Å²) in [5.74, 6) is -0.748. The lowest BCUT2D eigenvalue weighted by molar-refractivity contribution is -0.120. The number of carbonyl (C=O) groups excluding carboxylic acids is 1. The van der Waals surface area contributed by atoms with Crippen LogP contribution < -0.4 is 9.80 Å². The van der Waals surface area contributed by atoms with Gasteiger partial charge in [0.05, 0.1) is 11.2 Å². The molecule has 0 bridgehead atoms. The first-order valence-corrected chi connectivity index (χ1v) is 7.78. The molecular weight excluding hydrogens is 322 g/mol. The second kappa shape index (κ2) is 7.81. The van der Waals surface area contributed by atoms with Crippen molar-refractivity contribution in [3.05, 3.63) is 59.7 Å². The molecule has 0 aromatic heterocycles. The summed E-state index contributed by atoms with van der Waals surface area (Å²) in [6.45, 7) is 5.64. The third kappa shape index (κ3) is 5.32. The highest BCUT2D eigenvalue weighted by atomic mass is 16.7. The number of hydrogen-bond acceptors (Lipinski definition) is 4. The Bertz CT molecular complexity index is 737. The van der Waals surface area contributed by atoms with E-state index < -0.39 is 11.6 Å². The molecule has 25 heavy (non-hydrogen) atoms. The summed E-state index contributed by atoms with van der Waals surface area (Å²) in [5.41, 5.74) is 0.578. The fourth-order valence-corrected chi connectivity index (χ4v) is 2.10. The molecule has 2 rings (SSSR count). The number of carboxylic acids is 1. The van der Waals surface area contributed by atoms with Gasteiger partial charge in [-0.15, -0.1) is 0 Å². The van der Waals surface area contributed by atoms with E-state index in [1.165, 1.54) is 18.2 Å². The summed E-state index contributed by atoms with van der Waals surface area (Å²) in [7, 11) is 0. The topological polar surface area (TPSA) is 76.1 Å². The van der Waals surface area contributed by atoms with Crippen molar-refractivity contribution in [2.45, 2.75) is 33.0 Å². The fourth-order valence-electron chi connectivity index (χ4n) is 2.10. The number of nitrogens with zero attached hydrogens (tertiary/aromatic N) is 1. The molecule has 0 saturated heterocycles. The summed E-state index contributed by atoms with van der Waals surface area (Å²) in [4.78, 5) is 28.3. The van der Waals surface area contributed by atoms with Gasteiger partial charge in [0.25, 0.3) is 0 Å². The van der Waals surface area contributed by atoms with Gasteiger partial charge in [-0.25, -0.2) is 4.79 Å². The van der Waals surface area contributed by atoms with E-state index in [-0.39, 0.29) is 17.9 Å². The van der Waals surface area contributed by atoms with Gasteiger partial charge in [0.15, 0.2) is 0 Å². The van der Waals surface area contributed by atoms with Crippen LogP contribution in [0.2, 0.25) is 0 Å². The molecule has 2 aromatic carbocycles. The lowest BCUT2D eigenvalue weighted by Crippen LogP contribution is -2.33. The average molecular weight is 343 g/mol. The number of carboxylic acid groups (broad SMARTS) is 1. The molecule has 0 spiro atoms. The monoisotopic (exact) mass is 343 g/mol. The van der Waals surface area contributed by atoms with E-state index in [0.29, 0.717) is 12.2 Å². The minimum Gasteiger partial charge on any atom is -0.487 e. The van der Waals surface area contributed by atoms with Gasteiger partial charge in [0.2, 0.25) is 6.41 Å². The summed E-state index contributed by atoms with van der Waals surface area (Å²) in [6, 6.07) is 13.8. The van der Waals surface area contributed by atoms with Crippen LogP contribution in [0.25, 0.3) is 0 Å². The Balaban J connectivity index is 2.33. The second-order valence-corrected chi connectivity index (χ2v) is 6.40. The van der Waals surface area contributed by atoms with E-state index >= 15 is 0 Å². The van der Waals surface area contributed by atoms with Gasteiger partial charge in [0.1, 0.15) is 18.0 Å². The zero-order chi connectivity index (χ0) is 18.4. The number of hydrogen-bond donors (Lipinski definition) is 1. The number of rotatable bonds is 7. The molecule has 0 heterocycles. The van der Waals surface area contributed by atoms with E-state index in [4.69, 9.17) is 9.57 Å². The van der Waals surface area contributed by atoms with Crippen molar-refractivity contribution < 1.29 is 24.3 Å². The van der Waals surface area contributed by atoms with Crippen molar-refractivity contribution in [3.8, 4) is 5.75 Å². The van der Waals surface area contributed by atoms with Gasteiger partial charge >= 0.3 is 5.97 Å². The smallest absolute Gasteiger partial charge is 0.335 e. The van der Waals surface area contributed by atoms with Gasteiger partial charge in [-0.3, -0.25) is 9.63 Å². The van der Waals surface area contributed by atoms with E-state index in [0.717, 1.165) is 10.6 Å². The molecule has 6 nitrogen and oxygen atoms in total. The summed E-state index contributed by atoms with van der Waals surface area (Å²) < 4.78 is 5.78. The lowest BCUT2D eigenvalue weighted by atomic mass is 10.1. The molecule has 0 aliphatic heterocycles. The van der Waals surface area contributed by atoms with Crippen LogP contribution in [0.1, 0.15) is 36.7 Å². The molecule has 0 aliphatic carbocycles. The van der Waals surface area contributed by atoms with Crippen LogP contribution in [-0.2, 0) is 16.2 Å². The van der Waals surface area contributed by atoms with Crippen LogP contribution in [0.4, 0.5) is 5.69 Å². The van der Waals surface area contributed by atoms with Crippen molar-refractivity contribution in [2.75, 3.05) is 5.06 Å². The SMILES string of the molecule is CC(C)(C)ON(C=O)c1cc(C(=O)O)ccc1OCc1ccccc1. The Morgan fingerprint density at radius 1 is 1.16 bits per heavy atom. The molecular formula is C19H21NO5. The fraction of sp³-hybridized carbons (Fsp3) is 0.263. The Morgan fingerprint density at radius 3 is 2.40 bits per heavy atom.